The summed E-state index contributed by atoms with van der Waals surface area (Å²) in [6.07, 6.45) is 4.40. The lowest BCUT2D eigenvalue weighted by atomic mass is 9.80. The molecule has 2 N–H and O–H groups in total. The number of rotatable bonds is 8. The Balaban J connectivity index is 1.27. The van der Waals surface area contributed by atoms with Crippen LogP contribution in [0, 0.1) is 18.8 Å². The van der Waals surface area contributed by atoms with Crippen LogP contribution in [0.2, 0.25) is 10.0 Å². The maximum Gasteiger partial charge on any atom is 0.179 e. The first-order chi connectivity index (χ1) is 17.3. The molecule has 1 aromatic carbocycles. The number of piperidine rings is 1. The molecule has 8 nitrogen and oxygen atoms in total. The summed E-state index contributed by atoms with van der Waals surface area (Å²) >= 11 is 12.6. The molecular formula is C26H34Cl2N6O2. The van der Waals surface area contributed by atoms with Crippen molar-refractivity contribution in [2.45, 2.75) is 51.9 Å². The molecule has 0 bridgehead atoms. The second kappa shape index (κ2) is 10.8. The van der Waals surface area contributed by atoms with Crippen LogP contribution in [-0.4, -0.2) is 73.9 Å². The predicted octanol–water partition coefficient (Wildman–Crippen LogP) is 4.29. The number of halogens is 2. The average Bonchev–Trinajstić information content (AvgIpc) is 3.14. The zero-order valence-electron chi connectivity index (χ0n) is 20.8. The minimum Gasteiger partial charge on any atom is -0.368 e. The van der Waals surface area contributed by atoms with Crippen LogP contribution in [0.3, 0.4) is 0 Å². The molecule has 2 aliphatic rings. The number of fused-ring (bicyclic) bond motifs is 1. The lowest BCUT2D eigenvalue weighted by molar-refractivity contribution is -0.0481. The lowest BCUT2D eigenvalue weighted by Gasteiger charge is -2.47. The molecular weight excluding hydrogens is 499 g/mol. The number of anilines is 1. The number of hydrogen-bond donors (Lipinski definition) is 2. The molecule has 194 valence electrons. The van der Waals surface area contributed by atoms with Crippen LogP contribution in [0.15, 0.2) is 24.4 Å². The van der Waals surface area contributed by atoms with Crippen LogP contribution in [0.4, 0.5) is 5.82 Å². The zero-order chi connectivity index (χ0) is 25.4. The quantitative estimate of drug-likeness (QED) is 0.418. The summed E-state index contributed by atoms with van der Waals surface area (Å²) in [6, 6.07) is 5.43. The van der Waals surface area contributed by atoms with Gasteiger partial charge in [0.05, 0.1) is 17.9 Å². The number of aliphatic hydroxyl groups is 2. The SMILES string of the molecule is Cc1nn([C@H](C)c2ccc(Cl)cc2Cl)c2nc(N3CC([C@H]4CCCN(CCCC(O)O)C4)C3)cnc12. The van der Waals surface area contributed by atoms with Gasteiger partial charge in [0.15, 0.2) is 11.9 Å². The molecule has 0 aliphatic carbocycles. The monoisotopic (exact) mass is 532 g/mol. The van der Waals surface area contributed by atoms with Crippen LogP contribution in [0.5, 0.6) is 0 Å². The molecule has 0 amide bonds. The summed E-state index contributed by atoms with van der Waals surface area (Å²) in [6.45, 7) is 9.13. The van der Waals surface area contributed by atoms with Gasteiger partial charge in [-0.2, -0.15) is 5.10 Å². The van der Waals surface area contributed by atoms with E-state index < -0.39 is 6.29 Å². The summed E-state index contributed by atoms with van der Waals surface area (Å²) in [4.78, 5) is 14.5. The van der Waals surface area contributed by atoms with E-state index in [1.54, 1.807) is 6.07 Å². The van der Waals surface area contributed by atoms with E-state index in [1.165, 1.54) is 12.8 Å². The molecule has 2 aliphatic heterocycles. The molecule has 0 spiro atoms. The molecule has 0 saturated carbocycles. The van der Waals surface area contributed by atoms with Gasteiger partial charge in [0.25, 0.3) is 0 Å². The van der Waals surface area contributed by atoms with Gasteiger partial charge in [0.2, 0.25) is 0 Å². The van der Waals surface area contributed by atoms with E-state index in [4.69, 9.17) is 48.5 Å². The molecule has 10 heteroatoms. The molecule has 0 unspecified atom stereocenters. The van der Waals surface area contributed by atoms with Crippen LogP contribution >= 0.6 is 23.2 Å². The Morgan fingerprint density at radius 1 is 1.14 bits per heavy atom. The zero-order valence-corrected chi connectivity index (χ0v) is 22.3. The first-order valence-corrected chi connectivity index (χ1v) is 13.6. The van der Waals surface area contributed by atoms with Gasteiger partial charge in [-0.1, -0.05) is 29.3 Å². The highest BCUT2D eigenvalue weighted by molar-refractivity contribution is 6.35. The van der Waals surface area contributed by atoms with Gasteiger partial charge in [0, 0.05) is 29.7 Å². The Bertz CT molecular complexity index is 1210. The van der Waals surface area contributed by atoms with Crippen molar-refractivity contribution < 1.29 is 10.2 Å². The van der Waals surface area contributed by atoms with E-state index in [-0.39, 0.29) is 6.04 Å². The van der Waals surface area contributed by atoms with Crippen molar-refractivity contribution in [3.63, 3.8) is 0 Å². The number of likely N-dealkylation sites (tertiary alicyclic amines) is 1. The normalized spacial score (nSPS) is 20.3. The number of benzene rings is 1. The fourth-order valence-electron chi connectivity index (χ4n) is 5.61. The third-order valence-corrected chi connectivity index (χ3v) is 8.28. The van der Waals surface area contributed by atoms with Gasteiger partial charge in [-0.15, -0.1) is 0 Å². The summed E-state index contributed by atoms with van der Waals surface area (Å²) in [5.74, 6) is 2.21. The molecule has 0 radical (unpaired) electrons. The Hall–Kier alpha value is -1.97. The largest absolute Gasteiger partial charge is 0.368 e. The highest BCUT2D eigenvalue weighted by atomic mass is 35.5. The highest BCUT2D eigenvalue weighted by Crippen LogP contribution is 2.35. The summed E-state index contributed by atoms with van der Waals surface area (Å²) in [5, 5.41) is 24.2. The molecule has 2 atom stereocenters. The number of aromatic nitrogens is 4. The number of aryl methyl sites for hydroxylation is 1. The number of aliphatic hydroxyl groups excluding tert-OH is 1. The van der Waals surface area contributed by atoms with Gasteiger partial charge in [-0.25, -0.2) is 14.6 Å². The van der Waals surface area contributed by atoms with Crippen molar-refractivity contribution in [1.29, 1.82) is 0 Å². The minimum absolute atomic E-state index is 0.111. The van der Waals surface area contributed by atoms with Gasteiger partial charge in [0.1, 0.15) is 11.3 Å². The third kappa shape index (κ3) is 5.34. The number of nitrogens with zero attached hydrogens (tertiary/aromatic N) is 6. The van der Waals surface area contributed by atoms with Crippen molar-refractivity contribution >= 4 is 40.2 Å². The first-order valence-electron chi connectivity index (χ1n) is 12.8. The Morgan fingerprint density at radius 2 is 1.94 bits per heavy atom. The predicted molar refractivity (Wildman–Crippen MR) is 143 cm³/mol. The molecule has 2 saturated heterocycles. The van der Waals surface area contributed by atoms with Crippen LogP contribution in [0.25, 0.3) is 11.2 Å². The van der Waals surface area contributed by atoms with Crippen molar-refractivity contribution in [2.24, 2.45) is 11.8 Å². The van der Waals surface area contributed by atoms with E-state index in [0.717, 1.165) is 67.4 Å². The third-order valence-electron chi connectivity index (χ3n) is 7.72. The maximum absolute atomic E-state index is 9.11. The maximum atomic E-state index is 9.11. The smallest absolute Gasteiger partial charge is 0.179 e. The summed E-state index contributed by atoms with van der Waals surface area (Å²) in [7, 11) is 0. The molecule has 5 rings (SSSR count). The topological polar surface area (TPSA) is 90.5 Å². The van der Waals surface area contributed by atoms with Gasteiger partial charge in [-0.05, 0) is 82.2 Å². The molecule has 36 heavy (non-hydrogen) atoms. The second-order valence-electron chi connectivity index (χ2n) is 10.3. The fraction of sp³-hybridized carbons (Fsp3) is 0.577. The highest BCUT2D eigenvalue weighted by Gasteiger charge is 2.36. The molecule has 4 heterocycles. The van der Waals surface area contributed by atoms with Crippen molar-refractivity contribution in [2.75, 3.05) is 37.6 Å². The van der Waals surface area contributed by atoms with E-state index in [9.17, 15) is 0 Å². The Labute approximate surface area is 221 Å². The summed E-state index contributed by atoms with van der Waals surface area (Å²) in [5.41, 5.74) is 3.36. The van der Waals surface area contributed by atoms with E-state index in [1.807, 2.05) is 29.9 Å². The van der Waals surface area contributed by atoms with E-state index >= 15 is 0 Å². The molecule has 2 fully saturated rings. The van der Waals surface area contributed by atoms with Crippen LogP contribution in [0.1, 0.15) is 49.9 Å². The first kappa shape index (κ1) is 25.7. The van der Waals surface area contributed by atoms with Crippen molar-refractivity contribution in [3.05, 3.63) is 45.7 Å². The fourth-order valence-corrected chi connectivity index (χ4v) is 6.18. The van der Waals surface area contributed by atoms with Crippen LogP contribution in [-0.2, 0) is 0 Å². The van der Waals surface area contributed by atoms with Gasteiger partial charge < -0.3 is 20.0 Å². The summed E-state index contributed by atoms with van der Waals surface area (Å²) < 4.78 is 1.91. The van der Waals surface area contributed by atoms with Gasteiger partial charge in [-0.3, -0.25) is 0 Å². The minimum atomic E-state index is -1.20. The Kier molecular flexibility index (Phi) is 7.70. The second-order valence-corrected chi connectivity index (χ2v) is 11.1. The molecule has 3 aromatic rings. The van der Waals surface area contributed by atoms with Gasteiger partial charge >= 0.3 is 0 Å². The number of hydrogen-bond acceptors (Lipinski definition) is 7. The van der Waals surface area contributed by atoms with Crippen molar-refractivity contribution in [1.82, 2.24) is 24.6 Å². The van der Waals surface area contributed by atoms with E-state index in [0.29, 0.717) is 28.3 Å². The van der Waals surface area contributed by atoms with E-state index in [2.05, 4.69) is 16.7 Å². The molecule has 2 aromatic heterocycles. The standard InChI is InChI=1S/C26H34Cl2N6O2/c1-16-25-26(34(31-16)17(2)21-8-7-20(27)11-22(21)28)30-23(12-29-25)33-14-19(15-33)18-5-3-9-32(13-18)10-4-6-24(35)36/h7-8,11-12,17-19,24,35-36H,3-6,9-10,13-15H2,1-2H3/t17-,18+/m1/s1. The van der Waals surface area contributed by atoms with Crippen molar-refractivity contribution in [3.8, 4) is 0 Å². The average molecular weight is 534 g/mol. The lowest BCUT2D eigenvalue weighted by Crippen LogP contribution is -2.54. The Morgan fingerprint density at radius 3 is 2.69 bits per heavy atom. The van der Waals surface area contributed by atoms with Crippen LogP contribution < -0.4 is 4.90 Å².